The van der Waals surface area contributed by atoms with Gasteiger partial charge in [0.15, 0.2) is 0 Å². The van der Waals surface area contributed by atoms with Gasteiger partial charge in [-0.2, -0.15) is 4.31 Å². The lowest BCUT2D eigenvalue weighted by Gasteiger charge is -2.41. The van der Waals surface area contributed by atoms with E-state index >= 15 is 0 Å². The molecule has 1 amide bonds. The highest BCUT2D eigenvalue weighted by Gasteiger charge is 2.38. The molecule has 1 atom stereocenters. The molecule has 0 saturated carbocycles. The first kappa shape index (κ1) is 23.2. The van der Waals surface area contributed by atoms with Crippen LogP contribution in [0.3, 0.4) is 0 Å². The second-order valence-corrected chi connectivity index (χ2v) is 11.5. The maximum Gasteiger partial charge on any atom is 0.291 e. The molecule has 1 aromatic carbocycles. The standard InChI is InChI=1S/C21H23BrClN5O3S/c1-13(2)7-17-12-27(5-6-28(17)21(29)20-24-10-15(22)11-25-20)32(30,31)19-9-14-8-16(23)3-4-18(14)26-19/h3-4,8-11,13,17,26H,5-7,12H2,1-2H3. The van der Waals surface area contributed by atoms with Crippen LogP contribution in [0.2, 0.25) is 5.02 Å². The van der Waals surface area contributed by atoms with Crippen molar-refractivity contribution in [2.75, 3.05) is 19.6 Å². The number of fused-ring (bicyclic) bond motifs is 1. The van der Waals surface area contributed by atoms with Crippen LogP contribution in [0.4, 0.5) is 0 Å². The highest BCUT2D eigenvalue weighted by molar-refractivity contribution is 9.10. The molecule has 1 N–H and O–H groups in total. The Morgan fingerprint density at radius 2 is 1.97 bits per heavy atom. The molecule has 4 rings (SSSR count). The van der Waals surface area contributed by atoms with E-state index in [4.69, 9.17) is 11.6 Å². The van der Waals surface area contributed by atoms with E-state index in [1.807, 2.05) is 13.8 Å². The van der Waals surface area contributed by atoms with E-state index in [1.54, 1.807) is 29.2 Å². The number of aromatic amines is 1. The first-order chi connectivity index (χ1) is 15.1. The van der Waals surface area contributed by atoms with Crippen LogP contribution in [0.25, 0.3) is 10.9 Å². The number of H-pyrrole nitrogens is 1. The summed E-state index contributed by atoms with van der Waals surface area (Å²) in [5.74, 6) is 0.0882. The van der Waals surface area contributed by atoms with Crippen LogP contribution in [0.5, 0.6) is 0 Å². The summed E-state index contributed by atoms with van der Waals surface area (Å²) in [7, 11) is -3.77. The van der Waals surface area contributed by atoms with Gasteiger partial charge in [-0.3, -0.25) is 4.79 Å². The molecule has 3 heterocycles. The fraction of sp³-hybridized carbons (Fsp3) is 0.381. The van der Waals surface area contributed by atoms with Gasteiger partial charge < -0.3 is 9.88 Å². The van der Waals surface area contributed by atoms with Crippen LogP contribution in [0.1, 0.15) is 30.9 Å². The molecule has 0 aliphatic carbocycles. The van der Waals surface area contributed by atoms with Crippen LogP contribution in [-0.2, 0) is 10.0 Å². The first-order valence-corrected chi connectivity index (χ1v) is 12.8. The van der Waals surface area contributed by atoms with Gasteiger partial charge in [-0.15, -0.1) is 0 Å². The van der Waals surface area contributed by atoms with Gasteiger partial charge in [-0.1, -0.05) is 25.4 Å². The minimum atomic E-state index is -3.77. The molecule has 1 saturated heterocycles. The molecule has 3 aromatic rings. The second kappa shape index (κ2) is 9.09. The molecule has 1 aliphatic rings. The molecular weight excluding hydrogens is 518 g/mol. The Morgan fingerprint density at radius 1 is 1.25 bits per heavy atom. The van der Waals surface area contributed by atoms with Crippen LogP contribution in [-0.4, -0.2) is 64.2 Å². The fourth-order valence-electron chi connectivity index (χ4n) is 3.96. The number of carbonyl (C=O) groups is 1. The SMILES string of the molecule is CC(C)CC1CN(S(=O)(=O)c2cc3cc(Cl)ccc3[nH]2)CCN1C(=O)c1ncc(Br)cn1. The number of piperazine rings is 1. The third kappa shape index (κ3) is 4.68. The summed E-state index contributed by atoms with van der Waals surface area (Å²) in [4.78, 5) is 26.0. The third-order valence-electron chi connectivity index (χ3n) is 5.44. The highest BCUT2D eigenvalue weighted by atomic mass is 79.9. The van der Waals surface area contributed by atoms with Crippen molar-refractivity contribution in [3.05, 3.63) is 52.0 Å². The van der Waals surface area contributed by atoms with Crippen molar-refractivity contribution in [2.24, 2.45) is 5.92 Å². The summed E-state index contributed by atoms with van der Waals surface area (Å²) in [6, 6.07) is 6.51. The number of carbonyl (C=O) groups excluding carboxylic acids is 1. The molecular formula is C21H23BrClN5O3S. The van der Waals surface area contributed by atoms with Crippen molar-refractivity contribution in [2.45, 2.75) is 31.3 Å². The van der Waals surface area contributed by atoms with Gasteiger partial charge in [0.2, 0.25) is 5.82 Å². The summed E-state index contributed by atoms with van der Waals surface area (Å²) in [6.07, 6.45) is 3.72. The number of nitrogens with one attached hydrogen (secondary N) is 1. The second-order valence-electron chi connectivity index (χ2n) is 8.24. The van der Waals surface area contributed by atoms with E-state index in [9.17, 15) is 13.2 Å². The molecule has 8 nitrogen and oxygen atoms in total. The van der Waals surface area contributed by atoms with Crippen molar-refractivity contribution in [3.8, 4) is 0 Å². The van der Waals surface area contributed by atoms with Gasteiger partial charge >= 0.3 is 0 Å². The van der Waals surface area contributed by atoms with Gasteiger partial charge in [0, 0.05) is 54.0 Å². The smallest absolute Gasteiger partial charge is 0.291 e. The van der Waals surface area contributed by atoms with Gasteiger partial charge in [-0.05, 0) is 52.5 Å². The van der Waals surface area contributed by atoms with Crippen LogP contribution in [0, 0.1) is 5.92 Å². The van der Waals surface area contributed by atoms with Gasteiger partial charge in [0.25, 0.3) is 15.9 Å². The lowest BCUT2D eigenvalue weighted by atomic mass is 10.0. The van der Waals surface area contributed by atoms with E-state index < -0.39 is 10.0 Å². The number of hydrogen-bond donors (Lipinski definition) is 1. The Morgan fingerprint density at radius 3 is 2.66 bits per heavy atom. The van der Waals surface area contributed by atoms with Gasteiger partial charge in [0.05, 0.1) is 4.47 Å². The quantitative estimate of drug-likeness (QED) is 0.529. The van der Waals surface area contributed by atoms with Crippen molar-refractivity contribution in [3.63, 3.8) is 0 Å². The molecule has 1 fully saturated rings. The summed E-state index contributed by atoms with van der Waals surface area (Å²) < 4.78 is 28.9. The fourth-order valence-corrected chi connectivity index (χ4v) is 5.83. The predicted molar refractivity (Wildman–Crippen MR) is 126 cm³/mol. The van der Waals surface area contributed by atoms with Crippen molar-refractivity contribution >= 4 is 54.4 Å². The normalized spacial score (nSPS) is 17.9. The Balaban J connectivity index is 1.60. The predicted octanol–water partition coefficient (Wildman–Crippen LogP) is 3.94. The Kier molecular flexibility index (Phi) is 6.58. The highest BCUT2D eigenvalue weighted by Crippen LogP contribution is 2.27. The van der Waals surface area contributed by atoms with Gasteiger partial charge in [0.1, 0.15) is 5.03 Å². The average molecular weight is 541 g/mol. The molecule has 2 aromatic heterocycles. The minimum Gasteiger partial charge on any atom is -0.345 e. The van der Waals surface area contributed by atoms with Gasteiger partial charge in [-0.25, -0.2) is 18.4 Å². The topological polar surface area (TPSA) is 99.3 Å². The summed E-state index contributed by atoms with van der Waals surface area (Å²) in [5, 5.41) is 1.39. The summed E-state index contributed by atoms with van der Waals surface area (Å²) >= 11 is 9.31. The molecule has 0 spiro atoms. The molecule has 1 unspecified atom stereocenters. The van der Waals surface area contributed by atoms with Crippen molar-refractivity contribution < 1.29 is 13.2 Å². The zero-order valence-electron chi connectivity index (χ0n) is 17.6. The van der Waals surface area contributed by atoms with E-state index in [0.717, 1.165) is 5.39 Å². The molecule has 170 valence electrons. The molecule has 11 heteroatoms. The summed E-state index contributed by atoms with van der Waals surface area (Å²) in [6.45, 7) is 4.76. The number of sulfonamides is 1. The Bertz CT molecular complexity index is 1250. The number of amides is 1. The van der Waals surface area contributed by atoms with Crippen LogP contribution < -0.4 is 0 Å². The van der Waals surface area contributed by atoms with Crippen molar-refractivity contribution in [1.82, 2.24) is 24.2 Å². The van der Waals surface area contributed by atoms with Crippen molar-refractivity contribution in [1.29, 1.82) is 0 Å². The number of nitrogens with zero attached hydrogens (tertiary/aromatic N) is 4. The van der Waals surface area contributed by atoms with Crippen LogP contribution in [0.15, 0.2) is 46.2 Å². The number of rotatable bonds is 5. The number of benzene rings is 1. The number of halogens is 2. The molecule has 0 radical (unpaired) electrons. The lowest BCUT2D eigenvalue weighted by molar-refractivity contribution is 0.0518. The van der Waals surface area contributed by atoms with E-state index in [2.05, 4.69) is 30.9 Å². The maximum absolute atomic E-state index is 13.4. The number of aromatic nitrogens is 3. The monoisotopic (exact) mass is 539 g/mol. The largest absolute Gasteiger partial charge is 0.345 e. The molecule has 0 bridgehead atoms. The Hall–Kier alpha value is -2.01. The Labute approximate surface area is 200 Å². The number of hydrogen-bond acceptors (Lipinski definition) is 5. The summed E-state index contributed by atoms with van der Waals surface area (Å²) in [5.41, 5.74) is 0.702. The zero-order chi connectivity index (χ0) is 23.0. The third-order valence-corrected chi connectivity index (χ3v) is 7.87. The molecule has 32 heavy (non-hydrogen) atoms. The van der Waals surface area contributed by atoms with Crippen LogP contribution >= 0.6 is 27.5 Å². The average Bonchev–Trinajstić information content (AvgIpc) is 3.17. The van der Waals surface area contributed by atoms with E-state index in [-0.39, 0.29) is 48.4 Å². The minimum absolute atomic E-state index is 0.103. The lowest BCUT2D eigenvalue weighted by Crippen LogP contribution is -2.57. The maximum atomic E-state index is 13.4. The first-order valence-electron chi connectivity index (χ1n) is 10.2. The van der Waals surface area contributed by atoms with E-state index in [0.29, 0.717) is 21.4 Å². The zero-order valence-corrected chi connectivity index (χ0v) is 20.8. The van der Waals surface area contributed by atoms with E-state index in [1.165, 1.54) is 16.7 Å². The molecule has 1 aliphatic heterocycles.